The Bertz CT molecular complexity index is 968. The van der Waals surface area contributed by atoms with Gasteiger partial charge in [-0.25, -0.2) is 4.39 Å². The molecule has 2 aromatic rings. The number of carbonyl (C=O) groups excluding carboxylic acids is 1. The van der Waals surface area contributed by atoms with Crippen molar-refractivity contribution in [3.05, 3.63) is 64.4 Å². The number of benzene rings is 2. The molecule has 2 aromatic carbocycles. The Morgan fingerprint density at radius 3 is 2.53 bits per heavy atom. The number of ether oxygens (including phenoxy) is 1. The lowest BCUT2D eigenvalue weighted by atomic mass is 10.1. The molecule has 2 aliphatic heterocycles. The van der Waals surface area contributed by atoms with E-state index in [4.69, 9.17) is 16.3 Å². The molecular weight excluding hydrogens is 455 g/mol. The quantitative estimate of drug-likeness (QED) is 0.647. The molecule has 0 bridgehead atoms. The van der Waals surface area contributed by atoms with Crippen molar-refractivity contribution >= 4 is 17.5 Å². The molecule has 0 spiro atoms. The molecule has 2 fully saturated rings. The van der Waals surface area contributed by atoms with Gasteiger partial charge in [-0.2, -0.15) is 0 Å². The highest BCUT2D eigenvalue weighted by Crippen LogP contribution is 2.25. The maximum Gasteiger partial charge on any atom is 0.260 e. The molecular formula is C26H34ClFN4O2. The van der Waals surface area contributed by atoms with Crippen molar-refractivity contribution in [2.45, 2.75) is 39.0 Å². The van der Waals surface area contributed by atoms with E-state index < -0.39 is 0 Å². The number of amides is 1. The standard InChI is InChI=1S/C26H34ClFN4O2/c1-19-15-32(20(2)14-31(19)16-21-3-6-24(28)7-4-21)26(33)18-34-25-8-5-23(27)13-22(25)17-30-11-9-29-10-12-30/h3-8,13,19-20,29H,9-12,14-18H2,1-2H3/t19-,20+/m1/s1. The Morgan fingerprint density at radius 1 is 1.06 bits per heavy atom. The number of hydrogen-bond acceptors (Lipinski definition) is 5. The molecule has 0 unspecified atom stereocenters. The number of halogens is 2. The number of piperazine rings is 2. The van der Waals surface area contributed by atoms with Crippen LogP contribution >= 0.6 is 11.6 Å². The van der Waals surface area contributed by atoms with Crippen LogP contribution in [0.5, 0.6) is 5.75 Å². The van der Waals surface area contributed by atoms with Crippen LogP contribution in [0.2, 0.25) is 5.02 Å². The number of nitrogens with zero attached hydrogens (tertiary/aromatic N) is 3. The second-order valence-corrected chi connectivity index (χ2v) is 9.80. The maximum absolute atomic E-state index is 13.2. The molecule has 1 amide bonds. The summed E-state index contributed by atoms with van der Waals surface area (Å²) in [6.45, 7) is 11.0. The summed E-state index contributed by atoms with van der Waals surface area (Å²) in [5.41, 5.74) is 2.08. The van der Waals surface area contributed by atoms with Crippen molar-refractivity contribution in [1.82, 2.24) is 20.0 Å². The zero-order chi connectivity index (χ0) is 24.1. The summed E-state index contributed by atoms with van der Waals surface area (Å²) < 4.78 is 19.2. The van der Waals surface area contributed by atoms with Crippen LogP contribution in [0.3, 0.4) is 0 Å². The highest BCUT2D eigenvalue weighted by atomic mass is 35.5. The van der Waals surface area contributed by atoms with Gasteiger partial charge in [0.15, 0.2) is 6.61 Å². The third kappa shape index (κ3) is 6.48. The van der Waals surface area contributed by atoms with E-state index in [-0.39, 0.29) is 30.4 Å². The topological polar surface area (TPSA) is 48.1 Å². The molecule has 2 heterocycles. The van der Waals surface area contributed by atoms with Gasteiger partial charge in [-0.3, -0.25) is 14.6 Å². The van der Waals surface area contributed by atoms with E-state index in [1.54, 1.807) is 0 Å². The fourth-order valence-corrected chi connectivity index (χ4v) is 4.93. The summed E-state index contributed by atoms with van der Waals surface area (Å²) in [6.07, 6.45) is 0. The van der Waals surface area contributed by atoms with Gasteiger partial charge in [0.2, 0.25) is 0 Å². The summed E-state index contributed by atoms with van der Waals surface area (Å²) in [7, 11) is 0. The molecule has 2 saturated heterocycles. The minimum Gasteiger partial charge on any atom is -0.483 e. The molecule has 0 radical (unpaired) electrons. The summed E-state index contributed by atoms with van der Waals surface area (Å²) in [5, 5.41) is 4.03. The van der Waals surface area contributed by atoms with Crippen LogP contribution in [0.15, 0.2) is 42.5 Å². The largest absolute Gasteiger partial charge is 0.483 e. The first kappa shape index (κ1) is 24.9. The van der Waals surface area contributed by atoms with Crippen molar-refractivity contribution < 1.29 is 13.9 Å². The number of carbonyl (C=O) groups is 1. The summed E-state index contributed by atoms with van der Waals surface area (Å²) in [6, 6.07) is 12.5. The van der Waals surface area contributed by atoms with E-state index in [9.17, 15) is 9.18 Å². The van der Waals surface area contributed by atoms with E-state index in [2.05, 4.69) is 29.0 Å². The molecule has 0 aromatic heterocycles. The second kappa shape index (κ2) is 11.5. The Balaban J connectivity index is 1.34. The first-order valence-electron chi connectivity index (χ1n) is 12.0. The second-order valence-electron chi connectivity index (χ2n) is 9.37. The molecule has 2 aliphatic rings. The normalized spacial score (nSPS) is 22.1. The number of nitrogens with one attached hydrogen (secondary N) is 1. The maximum atomic E-state index is 13.2. The number of hydrogen-bond donors (Lipinski definition) is 1. The summed E-state index contributed by atoms with van der Waals surface area (Å²) in [4.78, 5) is 19.7. The molecule has 0 aliphatic carbocycles. The zero-order valence-electron chi connectivity index (χ0n) is 20.0. The van der Waals surface area contributed by atoms with Gasteiger partial charge >= 0.3 is 0 Å². The summed E-state index contributed by atoms with van der Waals surface area (Å²) >= 11 is 6.25. The van der Waals surface area contributed by atoms with Gasteiger partial charge in [-0.1, -0.05) is 23.7 Å². The monoisotopic (exact) mass is 488 g/mol. The van der Waals surface area contributed by atoms with Crippen molar-refractivity contribution in [2.75, 3.05) is 45.9 Å². The van der Waals surface area contributed by atoms with Crippen molar-refractivity contribution in [3.63, 3.8) is 0 Å². The fraction of sp³-hybridized carbons (Fsp3) is 0.500. The Labute approximate surface area is 206 Å². The number of rotatable bonds is 7. The van der Waals surface area contributed by atoms with Crippen LogP contribution in [0.25, 0.3) is 0 Å². The Morgan fingerprint density at radius 2 is 1.79 bits per heavy atom. The Kier molecular flexibility index (Phi) is 8.42. The van der Waals surface area contributed by atoms with Crippen molar-refractivity contribution in [1.29, 1.82) is 0 Å². The first-order valence-corrected chi connectivity index (χ1v) is 12.4. The highest BCUT2D eigenvalue weighted by Gasteiger charge is 2.32. The third-order valence-corrected chi connectivity index (χ3v) is 6.95. The molecule has 2 atom stereocenters. The van der Waals surface area contributed by atoms with Gasteiger partial charge in [0, 0.05) is 75.0 Å². The molecule has 4 rings (SSSR count). The van der Waals surface area contributed by atoms with Gasteiger partial charge in [0.05, 0.1) is 0 Å². The van der Waals surface area contributed by atoms with Gasteiger partial charge in [-0.15, -0.1) is 0 Å². The van der Waals surface area contributed by atoms with Gasteiger partial charge in [0.25, 0.3) is 5.91 Å². The zero-order valence-corrected chi connectivity index (χ0v) is 20.7. The lowest BCUT2D eigenvalue weighted by Gasteiger charge is -2.44. The Hall–Kier alpha value is -2.19. The fourth-order valence-electron chi connectivity index (χ4n) is 4.74. The average molecular weight is 489 g/mol. The highest BCUT2D eigenvalue weighted by molar-refractivity contribution is 6.30. The van der Waals surface area contributed by atoms with E-state index >= 15 is 0 Å². The van der Waals surface area contributed by atoms with Crippen LogP contribution in [-0.2, 0) is 17.9 Å². The molecule has 34 heavy (non-hydrogen) atoms. The molecule has 8 heteroatoms. The van der Waals surface area contributed by atoms with Crippen LogP contribution in [-0.4, -0.2) is 78.6 Å². The van der Waals surface area contributed by atoms with E-state index in [0.717, 1.165) is 56.9 Å². The van der Waals surface area contributed by atoms with Crippen LogP contribution in [0.4, 0.5) is 4.39 Å². The van der Waals surface area contributed by atoms with Crippen molar-refractivity contribution in [3.8, 4) is 5.75 Å². The van der Waals surface area contributed by atoms with Gasteiger partial charge in [0.1, 0.15) is 11.6 Å². The summed E-state index contributed by atoms with van der Waals surface area (Å²) in [5.74, 6) is 0.480. The van der Waals surface area contributed by atoms with E-state index in [1.807, 2.05) is 35.2 Å². The van der Waals surface area contributed by atoms with Crippen LogP contribution in [0.1, 0.15) is 25.0 Å². The minimum atomic E-state index is -0.225. The lowest BCUT2D eigenvalue weighted by molar-refractivity contribution is -0.139. The molecule has 6 nitrogen and oxygen atoms in total. The molecule has 0 saturated carbocycles. The van der Waals surface area contributed by atoms with Gasteiger partial charge < -0.3 is 15.0 Å². The van der Waals surface area contributed by atoms with Crippen LogP contribution in [0, 0.1) is 5.82 Å². The van der Waals surface area contributed by atoms with Gasteiger partial charge in [-0.05, 0) is 49.7 Å². The third-order valence-electron chi connectivity index (χ3n) is 6.71. The van der Waals surface area contributed by atoms with Crippen LogP contribution < -0.4 is 10.1 Å². The lowest BCUT2D eigenvalue weighted by Crippen LogP contribution is -2.58. The molecule has 1 N–H and O–H groups in total. The smallest absolute Gasteiger partial charge is 0.260 e. The first-order chi connectivity index (χ1) is 16.4. The van der Waals surface area contributed by atoms with E-state index in [1.165, 1.54) is 12.1 Å². The van der Waals surface area contributed by atoms with E-state index in [0.29, 0.717) is 17.3 Å². The van der Waals surface area contributed by atoms with Crippen molar-refractivity contribution in [2.24, 2.45) is 0 Å². The SMILES string of the molecule is C[C@@H]1CN(C(=O)COc2ccc(Cl)cc2CN2CCNCC2)[C@@H](C)CN1Cc1ccc(F)cc1. The predicted octanol–water partition coefficient (Wildman–Crippen LogP) is 3.38. The minimum absolute atomic E-state index is 0.00517. The molecule has 184 valence electrons. The average Bonchev–Trinajstić information content (AvgIpc) is 2.82. The predicted molar refractivity (Wildman–Crippen MR) is 133 cm³/mol.